The van der Waals surface area contributed by atoms with Gasteiger partial charge >= 0.3 is 0 Å². The molecule has 0 aromatic heterocycles. The molecule has 5 rings (SSSR count). The number of thioether (sulfide) groups is 1. The van der Waals surface area contributed by atoms with Crippen molar-refractivity contribution in [2.45, 2.75) is 48.8 Å². The number of hydrogen-bond donors (Lipinski definition) is 3. The van der Waals surface area contributed by atoms with Gasteiger partial charge in [-0.2, -0.15) is 0 Å². The first-order valence-corrected chi connectivity index (χ1v) is 12.9. The Bertz CT molecular complexity index is 1150. The Kier molecular flexibility index (Phi) is 5.84. The quantitative estimate of drug-likeness (QED) is 0.589. The van der Waals surface area contributed by atoms with Crippen LogP contribution in [0.4, 0.5) is 5.69 Å². The Morgan fingerprint density at radius 1 is 1.21 bits per heavy atom. The van der Waals surface area contributed by atoms with Crippen molar-refractivity contribution < 1.29 is 19.5 Å². The lowest BCUT2D eigenvalue weighted by Gasteiger charge is -2.39. The fourth-order valence-electron chi connectivity index (χ4n) is 6.51. The average Bonchev–Trinajstić information content (AvgIpc) is 3.43. The number of rotatable bonds is 6. The zero-order chi connectivity index (χ0) is 24.2. The number of carbonyl (C=O) groups excluding carboxylic acids is 3. The van der Waals surface area contributed by atoms with Gasteiger partial charge in [-0.15, -0.1) is 11.8 Å². The van der Waals surface area contributed by atoms with Gasteiger partial charge in [0.05, 0.1) is 29.2 Å². The van der Waals surface area contributed by atoms with E-state index < -0.39 is 28.7 Å². The maximum Gasteiger partial charge on any atom is 0.248 e. The number of nitrogens with zero attached hydrogens (tertiary/aromatic N) is 1. The Morgan fingerprint density at radius 3 is 2.62 bits per heavy atom. The van der Waals surface area contributed by atoms with Crippen LogP contribution in [-0.4, -0.2) is 63.5 Å². The number of anilines is 1. The highest BCUT2D eigenvalue weighted by molar-refractivity contribution is 8.02. The van der Waals surface area contributed by atoms with Crippen molar-refractivity contribution in [3.63, 3.8) is 0 Å². The van der Waals surface area contributed by atoms with Crippen molar-refractivity contribution in [3.05, 3.63) is 42.5 Å². The van der Waals surface area contributed by atoms with E-state index in [9.17, 15) is 19.5 Å². The van der Waals surface area contributed by atoms with E-state index in [0.29, 0.717) is 12.1 Å². The Labute approximate surface area is 203 Å². The minimum absolute atomic E-state index is 0.0104. The number of carbonyl (C=O) groups is 3. The molecule has 3 amide bonds. The summed E-state index contributed by atoms with van der Waals surface area (Å²) in [6.45, 7) is 3.77. The summed E-state index contributed by atoms with van der Waals surface area (Å²) < 4.78 is -0.692. The highest BCUT2D eigenvalue weighted by Gasteiger charge is 2.76. The molecule has 34 heavy (non-hydrogen) atoms. The van der Waals surface area contributed by atoms with Gasteiger partial charge in [0.1, 0.15) is 6.04 Å². The molecule has 3 aliphatic heterocycles. The normalized spacial score (nSPS) is 32.6. The lowest BCUT2D eigenvalue weighted by atomic mass is 9.66. The first kappa shape index (κ1) is 23.2. The third-order valence-electron chi connectivity index (χ3n) is 8.07. The molecule has 8 heteroatoms. The van der Waals surface area contributed by atoms with Crippen LogP contribution < -0.4 is 10.6 Å². The van der Waals surface area contributed by atoms with Gasteiger partial charge in [0, 0.05) is 18.0 Å². The number of amides is 3. The van der Waals surface area contributed by atoms with Crippen LogP contribution in [0.15, 0.2) is 42.5 Å². The summed E-state index contributed by atoms with van der Waals surface area (Å²) in [5, 5.41) is 18.0. The zero-order valence-corrected chi connectivity index (χ0v) is 20.5. The van der Waals surface area contributed by atoms with Crippen molar-refractivity contribution in [2.24, 2.45) is 17.8 Å². The second-order valence-electron chi connectivity index (χ2n) is 9.71. The second-order valence-corrected chi connectivity index (χ2v) is 11.3. The fraction of sp³-hybridized carbons (Fsp3) is 0.500. The van der Waals surface area contributed by atoms with E-state index in [2.05, 4.69) is 17.6 Å². The van der Waals surface area contributed by atoms with Crippen LogP contribution in [0.5, 0.6) is 0 Å². The molecule has 2 bridgehead atoms. The fourth-order valence-corrected chi connectivity index (χ4v) is 8.92. The summed E-state index contributed by atoms with van der Waals surface area (Å²) in [6, 6.07) is 12.5. The van der Waals surface area contributed by atoms with Gasteiger partial charge < -0.3 is 20.6 Å². The molecule has 7 nitrogen and oxygen atoms in total. The predicted octanol–water partition coefficient (Wildman–Crippen LogP) is 2.63. The minimum Gasteiger partial charge on any atom is -0.394 e. The Morgan fingerprint density at radius 2 is 1.94 bits per heavy atom. The predicted molar refractivity (Wildman–Crippen MR) is 133 cm³/mol. The molecule has 3 fully saturated rings. The largest absolute Gasteiger partial charge is 0.394 e. The summed E-state index contributed by atoms with van der Waals surface area (Å²) in [5.74, 6) is -1.52. The van der Waals surface area contributed by atoms with E-state index in [0.717, 1.165) is 17.2 Å². The SMILES string of the molecule is CC[C@@H](CO)N1C(=O)[C@@H]2[C@@H](C(=O)NC)[C@H]3CC(C)C2(S3)C1C(=O)Nc1ccc2ccccc2c1. The summed E-state index contributed by atoms with van der Waals surface area (Å²) in [5.41, 5.74) is 0.668. The minimum atomic E-state index is -0.756. The number of aliphatic hydroxyl groups excluding tert-OH is 1. The maximum absolute atomic E-state index is 14.0. The number of fused-ring (bicyclic) bond motifs is 2. The topological polar surface area (TPSA) is 98.7 Å². The van der Waals surface area contributed by atoms with E-state index in [1.807, 2.05) is 49.4 Å². The van der Waals surface area contributed by atoms with Crippen molar-refractivity contribution in [1.29, 1.82) is 0 Å². The molecule has 7 atom stereocenters. The smallest absolute Gasteiger partial charge is 0.248 e. The first-order chi connectivity index (χ1) is 16.4. The maximum atomic E-state index is 14.0. The van der Waals surface area contributed by atoms with E-state index in [1.54, 1.807) is 23.7 Å². The molecule has 0 saturated carbocycles. The van der Waals surface area contributed by atoms with E-state index >= 15 is 0 Å². The summed E-state index contributed by atoms with van der Waals surface area (Å²) >= 11 is 1.64. The van der Waals surface area contributed by atoms with Crippen molar-refractivity contribution in [2.75, 3.05) is 19.0 Å². The highest BCUT2D eigenvalue weighted by atomic mass is 32.2. The first-order valence-electron chi connectivity index (χ1n) is 12.0. The van der Waals surface area contributed by atoms with Crippen LogP contribution in [0, 0.1) is 17.8 Å². The molecule has 0 radical (unpaired) electrons. The van der Waals surface area contributed by atoms with Gasteiger partial charge in [0.2, 0.25) is 17.7 Å². The standard InChI is InChI=1S/C26H31N3O4S/c1-4-18(13-30)29-22(24(32)28-17-10-9-15-7-5-6-8-16(15)12-17)26-14(2)11-19(34-26)20(23(31)27-3)21(26)25(29)33/h5-10,12,14,18-22,30H,4,11,13H2,1-3H3,(H,27,31)(H,28,32)/t14?,18-,19+,20-,21-,22?,26?/m0/s1. The molecular formula is C26H31N3O4S. The molecule has 3 unspecified atom stereocenters. The molecule has 0 aliphatic carbocycles. The Hall–Kier alpha value is -2.58. The van der Waals surface area contributed by atoms with E-state index in [4.69, 9.17) is 0 Å². The van der Waals surface area contributed by atoms with E-state index in [-0.39, 0.29) is 35.5 Å². The van der Waals surface area contributed by atoms with Crippen molar-refractivity contribution in [3.8, 4) is 0 Å². The number of hydrogen-bond acceptors (Lipinski definition) is 5. The lowest BCUT2D eigenvalue weighted by molar-refractivity contribution is -0.142. The van der Waals surface area contributed by atoms with Gasteiger partial charge in [-0.25, -0.2) is 0 Å². The van der Waals surface area contributed by atoms with Crippen LogP contribution in [0.2, 0.25) is 0 Å². The summed E-state index contributed by atoms with van der Waals surface area (Å²) in [6.07, 6.45) is 1.31. The molecule has 3 N–H and O–H groups in total. The molecule has 1 spiro atoms. The third kappa shape index (κ3) is 3.18. The van der Waals surface area contributed by atoms with Gasteiger partial charge in [-0.3, -0.25) is 14.4 Å². The van der Waals surface area contributed by atoms with Gasteiger partial charge in [0.25, 0.3) is 0 Å². The monoisotopic (exact) mass is 481 g/mol. The zero-order valence-electron chi connectivity index (χ0n) is 19.7. The summed E-state index contributed by atoms with van der Waals surface area (Å²) in [4.78, 5) is 42.3. The second kappa shape index (κ2) is 8.57. The van der Waals surface area contributed by atoms with Gasteiger partial charge in [-0.05, 0) is 41.7 Å². The number of nitrogens with one attached hydrogen (secondary N) is 2. The molecule has 3 aliphatic rings. The third-order valence-corrected chi connectivity index (χ3v) is 10.1. The molecule has 2 aromatic rings. The summed E-state index contributed by atoms with van der Waals surface area (Å²) in [7, 11) is 1.60. The highest BCUT2D eigenvalue weighted by Crippen LogP contribution is 2.68. The van der Waals surface area contributed by atoms with Gasteiger partial charge in [-0.1, -0.05) is 44.2 Å². The number of benzene rings is 2. The van der Waals surface area contributed by atoms with Crippen LogP contribution in [0.25, 0.3) is 10.8 Å². The molecular weight excluding hydrogens is 450 g/mol. The molecule has 180 valence electrons. The lowest BCUT2D eigenvalue weighted by Crippen LogP contribution is -2.57. The van der Waals surface area contributed by atoms with Gasteiger partial charge in [0.15, 0.2) is 0 Å². The molecule has 3 heterocycles. The number of aliphatic hydroxyl groups is 1. The molecule has 2 aromatic carbocycles. The van der Waals surface area contributed by atoms with Crippen LogP contribution in [0.3, 0.4) is 0 Å². The van der Waals surface area contributed by atoms with Crippen molar-refractivity contribution >= 4 is 45.9 Å². The Balaban J connectivity index is 1.56. The van der Waals surface area contributed by atoms with E-state index in [1.165, 1.54) is 0 Å². The van der Waals surface area contributed by atoms with Crippen LogP contribution >= 0.6 is 11.8 Å². The average molecular weight is 482 g/mol. The van der Waals surface area contributed by atoms with Crippen LogP contribution in [-0.2, 0) is 14.4 Å². The van der Waals surface area contributed by atoms with Crippen LogP contribution in [0.1, 0.15) is 26.7 Å². The van der Waals surface area contributed by atoms with Crippen molar-refractivity contribution in [1.82, 2.24) is 10.2 Å². The number of likely N-dealkylation sites (tertiary alicyclic amines) is 1. The molecule has 3 saturated heterocycles.